The second-order valence-corrected chi connectivity index (χ2v) is 3.39. The number of aliphatic hydroxyl groups excluding tert-OH is 1. The monoisotopic (exact) mass is 206 g/mol. The molecule has 15 heavy (non-hydrogen) atoms. The number of rotatable bonds is 0. The first-order valence-electron chi connectivity index (χ1n) is 4.76. The maximum absolute atomic E-state index is 10.7. The van der Waals surface area contributed by atoms with E-state index in [1.165, 1.54) is 6.07 Å². The summed E-state index contributed by atoms with van der Waals surface area (Å²) in [6.07, 6.45) is -0.167. The SMILES string of the molecule is CC(C)O.O=c1ccc2ccccc2o1. The van der Waals surface area contributed by atoms with Crippen molar-refractivity contribution in [1.29, 1.82) is 0 Å². The van der Waals surface area contributed by atoms with Crippen LogP contribution in [0, 0.1) is 0 Å². The van der Waals surface area contributed by atoms with Crippen molar-refractivity contribution in [3.05, 3.63) is 46.8 Å². The molecule has 2 rings (SSSR count). The molecule has 0 aliphatic heterocycles. The maximum atomic E-state index is 10.7. The molecule has 0 amide bonds. The fourth-order valence-electron chi connectivity index (χ4n) is 1.01. The fraction of sp³-hybridized carbons (Fsp3) is 0.250. The zero-order valence-corrected chi connectivity index (χ0v) is 8.81. The summed E-state index contributed by atoms with van der Waals surface area (Å²) in [6, 6.07) is 10.6. The minimum atomic E-state index is -0.302. The van der Waals surface area contributed by atoms with Gasteiger partial charge in [-0.15, -0.1) is 0 Å². The van der Waals surface area contributed by atoms with E-state index in [1.807, 2.05) is 18.2 Å². The Balaban J connectivity index is 0.000000245. The first-order valence-corrected chi connectivity index (χ1v) is 4.76. The van der Waals surface area contributed by atoms with Crippen LogP contribution in [-0.4, -0.2) is 11.2 Å². The number of para-hydroxylation sites is 1. The lowest BCUT2D eigenvalue weighted by Crippen LogP contribution is -1.93. The molecule has 0 aliphatic carbocycles. The van der Waals surface area contributed by atoms with Gasteiger partial charge in [0.05, 0.1) is 0 Å². The molecule has 0 bridgehead atoms. The lowest BCUT2D eigenvalue weighted by atomic mass is 10.2. The van der Waals surface area contributed by atoms with E-state index < -0.39 is 0 Å². The molecule has 80 valence electrons. The summed E-state index contributed by atoms with van der Waals surface area (Å²) < 4.78 is 4.91. The van der Waals surface area contributed by atoms with Gasteiger partial charge in [0.25, 0.3) is 0 Å². The maximum Gasteiger partial charge on any atom is 0.336 e. The molecule has 3 nitrogen and oxygen atoms in total. The first kappa shape index (κ1) is 11.5. The summed E-state index contributed by atoms with van der Waals surface area (Å²) >= 11 is 0. The van der Waals surface area contributed by atoms with Crippen LogP contribution in [0.5, 0.6) is 0 Å². The van der Waals surface area contributed by atoms with Gasteiger partial charge in [0.1, 0.15) is 5.58 Å². The topological polar surface area (TPSA) is 50.4 Å². The van der Waals surface area contributed by atoms with Crippen molar-refractivity contribution in [2.45, 2.75) is 20.0 Å². The van der Waals surface area contributed by atoms with Crippen LogP contribution in [0.3, 0.4) is 0 Å². The van der Waals surface area contributed by atoms with Gasteiger partial charge in [-0.2, -0.15) is 0 Å². The predicted octanol–water partition coefficient (Wildman–Crippen LogP) is 2.18. The van der Waals surface area contributed by atoms with Crippen molar-refractivity contribution in [3.8, 4) is 0 Å². The Morgan fingerprint density at radius 2 is 1.73 bits per heavy atom. The second kappa shape index (κ2) is 5.32. The summed E-state index contributed by atoms with van der Waals surface area (Å²) in [4.78, 5) is 10.7. The molecule has 0 aliphatic rings. The van der Waals surface area contributed by atoms with Gasteiger partial charge >= 0.3 is 5.63 Å². The number of hydrogen-bond donors (Lipinski definition) is 1. The molecule has 0 saturated carbocycles. The average Bonchev–Trinajstić information content (AvgIpc) is 2.16. The van der Waals surface area contributed by atoms with Crippen LogP contribution in [0.25, 0.3) is 11.0 Å². The van der Waals surface area contributed by atoms with E-state index >= 15 is 0 Å². The predicted molar refractivity (Wildman–Crippen MR) is 59.8 cm³/mol. The van der Waals surface area contributed by atoms with E-state index in [2.05, 4.69) is 0 Å². The van der Waals surface area contributed by atoms with Crippen LogP contribution in [0.2, 0.25) is 0 Å². The molecule has 1 heterocycles. The third-order valence-corrected chi connectivity index (χ3v) is 1.53. The van der Waals surface area contributed by atoms with Crippen LogP contribution in [0.1, 0.15) is 13.8 Å². The van der Waals surface area contributed by atoms with Crippen LogP contribution in [0.4, 0.5) is 0 Å². The van der Waals surface area contributed by atoms with Gasteiger partial charge in [0.15, 0.2) is 0 Å². The average molecular weight is 206 g/mol. The van der Waals surface area contributed by atoms with Gasteiger partial charge in [-0.05, 0) is 26.0 Å². The number of fused-ring (bicyclic) bond motifs is 1. The number of aliphatic hydroxyl groups is 1. The molecular formula is C12H14O3. The lowest BCUT2D eigenvalue weighted by molar-refractivity contribution is 0.216. The molecule has 2 aromatic rings. The van der Waals surface area contributed by atoms with Crippen molar-refractivity contribution in [2.75, 3.05) is 0 Å². The van der Waals surface area contributed by atoms with E-state index in [4.69, 9.17) is 9.52 Å². The van der Waals surface area contributed by atoms with Gasteiger partial charge in [-0.3, -0.25) is 0 Å². The molecular weight excluding hydrogens is 192 g/mol. The Morgan fingerprint density at radius 3 is 2.40 bits per heavy atom. The van der Waals surface area contributed by atoms with Gasteiger partial charge in [0.2, 0.25) is 0 Å². The third-order valence-electron chi connectivity index (χ3n) is 1.53. The van der Waals surface area contributed by atoms with Crippen molar-refractivity contribution in [1.82, 2.24) is 0 Å². The molecule has 1 aromatic carbocycles. The van der Waals surface area contributed by atoms with Crippen molar-refractivity contribution >= 4 is 11.0 Å². The van der Waals surface area contributed by atoms with E-state index in [0.717, 1.165) is 5.39 Å². The zero-order chi connectivity index (χ0) is 11.3. The zero-order valence-electron chi connectivity index (χ0n) is 8.81. The fourth-order valence-corrected chi connectivity index (χ4v) is 1.01. The van der Waals surface area contributed by atoms with Crippen molar-refractivity contribution in [2.24, 2.45) is 0 Å². The molecule has 0 spiro atoms. The molecule has 0 atom stereocenters. The van der Waals surface area contributed by atoms with Crippen molar-refractivity contribution in [3.63, 3.8) is 0 Å². The van der Waals surface area contributed by atoms with E-state index in [0.29, 0.717) is 5.58 Å². The Morgan fingerprint density at radius 1 is 1.13 bits per heavy atom. The van der Waals surface area contributed by atoms with Crippen LogP contribution < -0.4 is 5.63 Å². The molecule has 1 aromatic heterocycles. The van der Waals surface area contributed by atoms with Crippen molar-refractivity contribution < 1.29 is 9.52 Å². The number of benzene rings is 1. The highest BCUT2D eigenvalue weighted by Gasteiger charge is 1.92. The summed E-state index contributed by atoms with van der Waals surface area (Å²) in [5.41, 5.74) is 0.337. The standard InChI is InChI=1S/C9H6O2.C3H8O/c10-9-6-5-7-3-1-2-4-8(7)11-9;1-3(2)4/h1-6H;3-4H,1-2H3. The molecule has 0 fully saturated rings. The molecule has 0 unspecified atom stereocenters. The highest BCUT2D eigenvalue weighted by atomic mass is 16.4. The van der Waals surface area contributed by atoms with Gasteiger partial charge < -0.3 is 9.52 Å². The molecule has 3 heteroatoms. The Hall–Kier alpha value is -1.61. The normalized spacial score (nSPS) is 9.87. The van der Waals surface area contributed by atoms with Crippen LogP contribution in [-0.2, 0) is 0 Å². The quantitative estimate of drug-likeness (QED) is 0.672. The smallest absolute Gasteiger partial charge is 0.336 e. The highest BCUT2D eigenvalue weighted by Crippen LogP contribution is 2.08. The van der Waals surface area contributed by atoms with E-state index in [9.17, 15) is 4.79 Å². The van der Waals surface area contributed by atoms with Gasteiger partial charge in [0, 0.05) is 17.6 Å². The first-order chi connectivity index (χ1) is 7.09. The second-order valence-electron chi connectivity index (χ2n) is 3.39. The van der Waals surface area contributed by atoms with Gasteiger partial charge in [-0.1, -0.05) is 18.2 Å². The van der Waals surface area contributed by atoms with E-state index in [1.54, 1.807) is 26.0 Å². The summed E-state index contributed by atoms with van der Waals surface area (Å²) in [5, 5.41) is 9.01. The molecule has 0 saturated heterocycles. The van der Waals surface area contributed by atoms with Crippen LogP contribution >= 0.6 is 0 Å². The minimum Gasteiger partial charge on any atom is -0.423 e. The third kappa shape index (κ3) is 3.95. The molecule has 0 radical (unpaired) electrons. The lowest BCUT2D eigenvalue weighted by Gasteiger charge is -1.91. The highest BCUT2D eigenvalue weighted by molar-refractivity contribution is 5.75. The summed E-state index contributed by atoms with van der Waals surface area (Å²) in [7, 11) is 0. The largest absolute Gasteiger partial charge is 0.423 e. The van der Waals surface area contributed by atoms with Gasteiger partial charge in [-0.25, -0.2) is 4.79 Å². The Labute approximate surface area is 88.0 Å². The van der Waals surface area contributed by atoms with E-state index in [-0.39, 0.29) is 11.7 Å². The summed E-state index contributed by atoms with van der Waals surface area (Å²) in [5.74, 6) is 0. The van der Waals surface area contributed by atoms with Crippen LogP contribution in [0.15, 0.2) is 45.6 Å². The molecule has 1 N–H and O–H groups in total. The number of hydrogen-bond acceptors (Lipinski definition) is 3. The Bertz CT molecular complexity index is 468. The minimum absolute atomic E-state index is 0.167. The Kier molecular flexibility index (Phi) is 4.06. The summed E-state index contributed by atoms with van der Waals surface area (Å²) in [6.45, 7) is 3.44.